The number of methoxy groups -OCH3 is 1. The first-order valence-corrected chi connectivity index (χ1v) is 7.27. The smallest absolute Gasteiger partial charge is 0.251 e. The summed E-state index contributed by atoms with van der Waals surface area (Å²) in [5.74, 6) is -0.0667. The molecule has 1 unspecified atom stereocenters. The van der Waals surface area contributed by atoms with E-state index in [2.05, 4.69) is 11.4 Å². The van der Waals surface area contributed by atoms with Crippen molar-refractivity contribution in [1.82, 2.24) is 5.32 Å². The van der Waals surface area contributed by atoms with Gasteiger partial charge >= 0.3 is 0 Å². The average Bonchev–Trinajstić information content (AvgIpc) is 2.47. The number of carbonyl (C=O) groups is 1. The summed E-state index contributed by atoms with van der Waals surface area (Å²) in [6.45, 7) is 0.759. The molecule has 1 aliphatic carbocycles. The standard InChI is InChI=1S/C16H23NO3/c1-20-11-15(18)8-9-17-16(19)14-7-6-12-4-2-3-5-13(12)10-14/h6-7,10,15,18H,2-5,8-9,11H2,1H3,(H,17,19). The fraction of sp³-hybridized carbons (Fsp3) is 0.562. The first kappa shape index (κ1) is 15.0. The molecule has 110 valence electrons. The van der Waals surface area contributed by atoms with Gasteiger partial charge in [-0.2, -0.15) is 0 Å². The predicted octanol–water partition coefficient (Wildman–Crippen LogP) is 1.69. The number of amides is 1. The van der Waals surface area contributed by atoms with Crippen LogP contribution in [0.2, 0.25) is 0 Å². The van der Waals surface area contributed by atoms with E-state index in [0.717, 1.165) is 12.8 Å². The highest BCUT2D eigenvalue weighted by atomic mass is 16.5. The third-order valence-corrected chi connectivity index (χ3v) is 3.73. The number of hydrogen-bond acceptors (Lipinski definition) is 3. The molecular weight excluding hydrogens is 254 g/mol. The van der Waals surface area contributed by atoms with Gasteiger partial charge in [-0.25, -0.2) is 0 Å². The maximum Gasteiger partial charge on any atom is 0.251 e. The van der Waals surface area contributed by atoms with Gasteiger partial charge in [0.25, 0.3) is 5.91 Å². The van der Waals surface area contributed by atoms with Gasteiger partial charge in [0.2, 0.25) is 0 Å². The number of benzene rings is 1. The number of hydrogen-bond donors (Lipinski definition) is 2. The van der Waals surface area contributed by atoms with Gasteiger partial charge in [0.05, 0.1) is 12.7 Å². The molecule has 0 aliphatic heterocycles. The Kier molecular flexibility index (Phi) is 5.56. The van der Waals surface area contributed by atoms with Crippen LogP contribution in [-0.4, -0.2) is 37.4 Å². The number of rotatable bonds is 6. The fourth-order valence-corrected chi connectivity index (χ4v) is 2.60. The van der Waals surface area contributed by atoms with Crippen LogP contribution in [0, 0.1) is 0 Å². The second-order valence-electron chi connectivity index (χ2n) is 5.34. The molecule has 2 N–H and O–H groups in total. The van der Waals surface area contributed by atoms with Crippen LogP contribution in [0.15, 0.2) is 18.2 Å². The minimum atomic E-state index is -0.524. The van der Waals surface area contributed by atoms with Gasteiger partial charge in [0.1, 0.15) is 0 Å². The van der Waals surface area contributed by atoms with E-state index in [4.69, 9.17) is 4.74 Å². The maximum absolute atomic E-state index is 12.0. The molecule has 1 atom stereocenters. The van der Waals surface area contributed by atoms with Crippen LogP contribution in [0.5, 0.6) is 0 Å². The van der Waals surface area contributed by atoms with E-state index in [1.54, 1.807) is 7.11 Å². The molecule has 0 heterocycles. The van der Waals surface area contributed by atoms with Crippen LogP contribution in [0.3, 0.4) is 0 Å². The van der Waals surface area contributed by atoms with Crippen molar-refractivity contribution < 1.29 is 14.6 Å². The van der Waals surface area contributed by atoms with E-state index in [0.29, 0.717) is 25.1 Å². The van der Waals surface area contributed by atoms with Crippen molar-refractivity contribution >= 4 is 5.91 Å². The average molecular weight is 277 g/mol. The lowest BCUT2D eigenvalue weighted by Crippen LogP contribution is -2.28. The monoisotopic (exact) mass is 277 g/mol. The molecule has 1 aliphatic rings. The Balaban J connectivity index is 1.86. The van der Waals surface area contributed by atoms with Crippen LogP contribution >= 0.6 is 0 Å². The number of carbonyl (C=O) groups excluding carboxylic acids is 1. The van der Waals surface area contributed by atoms with Gasteiger partial charge < -0.3 is 15.2 Å². The molecule has 1 aromatic rings. The number of aliphatic hydroxyl groups excluding tert-OH is 1. The topological polar surface area (TPSA) is 58.6 Å². The normalized spacial score (nSPS) is 15.5. The second kappa shape index (κ2) is 7.41. The quantitative estimate of drug-likeness (QED) is 0.832. The molecule has 0 saturated heterocycles. The highest BCUT2D eigenvalue weighted by molar-refractivity contribution is 5.94. The van der Waals surface area contributed by atoms with Crippen molar-refractivity contribution in [3.8, 4) is 0 Å². The zero-order valence-corrected chi connectivity index (χ0v) is 12.0. The van der Waals surface area contributed by atoms with Gasteiger partial charge in [-0.3, -0.25) is 4.79 Å². The van der Waals surface area contributed by atoms with E-state index in [1.165, 1.54) is 24.0 Å². The Labute approximate surface area is 120 Å². The summed E-state index contributed by atoms with van der Waals surface area (Å²) in [4.78, 5) is 12.0. The Hall–Kier alpha value is -1.39. The minimum absolute atomic E-state index is 0.0667. The van der Waals surface area contributed by atoms with Gasteiger partial charge in [-0.15, -0.1) is 0 Å². The summed E-state index contributed by atoms with van der Waals surface area (Å²) in [6, 6.07) is 5.98. The lowest BCUT2D eigenvalue weighted by Gasteiger charge is -2.16. The van der Waals surface area contributed by atoms with Crippen molar-refractivity contribution in [1.29, 1.82) is 0 Å². The van der Waals surface area contributed by atoms with E-state index in [-0.39, 0.29) is 5.91 Å². The summed E-state index contributed by atoms with van der Waals surface area (Å²) in [5, 5.41) is 12.4. The third kappa shape index (κ3) is 4.05. The van der Waals surface area contributed by atoms with Crippen LogP contribution in [0.25, 0.3) is 0 Å². The highest BCUT2D eigenvalue weighted by Gasteiger charge is 2.13. The number of nitrogens with one attached hydrogen (secondary N) is 1. The molecule has 0 fully saturated rings. The summed E-state index contributed by atoms with van der Waals surface area (Å²) >= 11 is 0. The van der Waals surface area contributed by atoms with Crippen LogP contribution in [-0.2, 0) is 17.6 Å². The third-order valence-electron chi connectivity index (χ3n) is 3.73. The SMILES string of the molecule is COCC(O)CCNC(=O)c1ccc2c(c1)CCCC2. The second-order valence-corrected chi connectivity index (χ2v) is 5.34. The van der Waals surface area contributed by atoms with E-state index in [9.17, 15) is 9.90 Å². The van der Waals surface area contributed by atoms with Crippen LogP contribution in [0.1, 0.15) is 40.7 Å². The molecule has 0 bridgehead atoms. The first-order chi connectivity index (χ1) is 9.70. The molecule has 4 nitrogen and oxygen atoms in total. The molecule has 4 heteroatoms. The van der Waals surface area contributed by atoms with Crippen LogP contribution in [0.4, 0.5) is 0 Å². The zero-order valence-electron chi connectivity index (χ0n) is 12.0. The van der Waals surface area contributed by atoms with Crippen molar-refractivity contribution in [2.75, 3.05) is 20.3 Å². The van der Waals surface area contributed by atoms with Gasteiger partial charge in [0, 0.05) is 19.2 Å². The number of aliphatic hydroxyl groups is 1. The molecule has 0 spiro atoms. The van der Waals surface area contributed by atoms with Crippen molar-refractivity contribution in [2.45, 2.75) is 38.2 Å². The molecule has 1 aromatic carbocycles. The Bertz CT molecular complexity index is 459. The maximum atomic E-state index is 12.0. The summed E-state index contributed by atoms with van der Waals surface area (Å²) < 4.78 is 4.85. The fourth-order valence-electron chi connectivity index (χ4n) is 2.60. The number of aryl methyl sites for hydroxylation is 2. The summed E-state index contributed by atoms with van der Waals surface area (Å²) in [6.07, 6.45) is 4.63. The summed E-state index contributed by atoms with van der Waals surface area (Å²) in [7, 11) is 1.55. The van der Waals surface area contributed by atoms with Crippen LogP contribution < -0.4 is 5.32 Å². The predicted molar refractivity (Wildman–Crippen MR) is 77.9 cm³/mol. The van der Waals surface area contributed by atoms with Crippen molar-refractivity contribution in [3.05, 3.63) is 34.9 Å². The first-order valence-electron chi connectivity index (χ1n) is 7.27. The Morgan fingerprint density at radius 2 is 2.10 bits per heavy atom. The van der Waals surface area contributed by atoms with Gasteiger partial charge in [-0.1, -0.05) is 6.07 Å². The van der Waals surface area contributed by atoms with Crippen molar-refractivity contribution in [3.63, 3.8) is 0 Å². The summed E-state index contributed by atoms with van der Waals surface area (Å²) in [5.41, 5.74) is 3.40. The number of ether oxygens (including phenoxy) is 1. The zero-order chi connectivity index (χ0) is 14.4. The largest absolute Gasteiger partial charge is 0.391 e. The number of fused-ring (bicyclic) bond motifs is 1. The minimum Gasteiger partial charge on any atom is -0.391 e. The van der Waals surface area contributed by atoms with Gasteiger partial charge in [-0.05, 0) is 55.4 Å². The van der Waals surface area contributed by atoms with Crippen molar-refractivity contribution in [2.24, 2.45) is 0 Å². The molecule has 1 amide bonds. The Morgan fingerprint density at radius 1 is 1.35 bits per heavy atom. The Morgan fingerprint density at radius 3 is 2.85 bits per heavy atom. The van der Waals surface area contributed by atoms with E-state index in [1.807, 2.05) is 12.1 Å². The highest BCUT2D eigenvalue weighted by Crippen LogP contribution is 2.22. The van der Waals surface area contributed by atoms with Gasteiger partial charge in [0.15, 0.2) is 0 Å². The molecule has 0 radical (unpaired) electrons. The molecular formula is C16H23NO3. The molecule has 2 rings (SSSR count). The van der Waals surface area contributed by atoms with E-state index < -0.39 is 6.10 Å². The molecule has 0 aromatic heterocycles. The lowest BCUT2D eigenvalue weighted by atomic mass is 9.90. The molecule has 20 heavy (non-hydrogen) atoms. The lowest BCUT2D eigenvalue weighted by molar-refractivity contribution is 0.0587. The molecule has 0 saturated carbocycles. The van der Waals surface area contributed by atoms with E-state index >= 15 is 0 Å².